The zero-order chi connectivity index (χ0) is 16.2. The molecule has 2 N–H and O–H groups in total. The van der Waals surface area contributed by atoms with E-state index in [4.69, 9.17) is 10.1 Å². The van der Waals surface area contributed by atoms with Gasteiger partial charge in [-0.3, -0.25) is 4.79 Å². The van der Waals surface area contributed by atoms with Crippen molar-refractivity contribution in [1.82, 2.24) is 14.5 Å². The third kappa shape index (κ3) is 4.12. The highest BCUT2D eigenvalue weighted by Crippen LogP contribution is 2.29. The molecule has 1 aromatic rings. The van der Waals surface area contributed by atoms with Crippen LogP contribution in [0.5, 0.6) is 0 Å². The summed E-state index contributed by atoms with van der Waals surface area (Å²) in [5, 5.41) is 18.7. The van der Waals surface area contributed by atoms with E-state index in [9.17, 15) is 9.90 Å². The summed E-state index contributed by atoms with van der Waals surface area (Å²) in [6.07, 6.45) is 7.74. The standard InChI is InChI=1S/C17H27N3O3/c21-15(6-7-16(22)23)12-19-8-3-4-13(11-19)17-18-10-14-5-1-2-9-20(14)17/h10,13,15,21H,1-9,11-12H2,(H,22,23). The van der Waals surface area contributed by atoms with Crippen molar-refractivity contribution < 1.29 is 15.0 Å². The Bertz CT molecular complexity index is 543. The number of fused-ring (bicyclic) bond motifs is 1. The van der Waals surface area contributed by atoms with Crippen LogP contribution in [0, 0.1) is 0 Å². The number of aliphatic hydroxyl groups is 1. The van der Waals surface area contributed by atoms with Crippen molar-refractivity contribution in [2.45, 2.75) is 63.5 Å². The summed E-state index contributed by atoms with van der Waals surface area (Å²) in [6.45, 7) is 3.55. The first-order valence-corrected chi connectivity index (χ1v) is 8.80. The second kappa shape index (κ2) is 7.45. The van der Waals surface area contributed by atoms with Crippen LogP contribution in [0.15, 0.2) is 6.20 Å². The molecule has 2 aliphatic heterocycles. The molecule has 3 heterocycles. The van der Waals surface area contributed by atoms with E-state index in [2.05, 4.69) is 9.47 Å². The zero-order valence-corrected chi connectivity index (χ0v) is 13.7. The minimum absolute atomic E-state index is 0.0339. The zero-order valence-electron chi connectivity index (χ0n) is 13.7. The van der Waals surface area contributed by atoms with Crippen molar-refractivity contribution in [2.75, 3.05) is 19.6 Å². The van der Waals surface area contributed by atoms with E-state index in [1.54, 1.807) is 0 Å². The second-order valence-electron chi connectivity index (χ2n) is 6.90. The van der Waals surface area contributed by atoms with Gasteiger partial charge in [0.15, 0.2) is 0 Å². The number of aliphatic hydroxyl groups excluding tert-OH is 1. The molecule has 2 aliphatic rings. The van der Waals surface area contributed by atoms with Crippen LogP contribution in [0.25, 0.3) is 0 Å². The largest absolute Gasteiger partial charge is 0.481 e. The molecule has 0 aliphatic carbocycles. The fourth-order valence-electron chi connectivity index (χ4n) is 3.90. The minimum atomic E-state index is -0.843. The number of likely N-dealkylation sites (tertiary alicyclic amines) is 1. The number of aromatic nitrogens is 2. The molecular formula is C17H27N3O3. The number of rotatable bonds is 6. The number of aryl methyl sites for hydroxylation is 1. The highest BCUT2D eigenvalue weighted by molar-refractivity contribution is 5.66. The number of hydrogen-bond acceptors (Lipinski definition) is 4. The molecule has 0 saturated carbocycles. The fourth-order valence-corrected chi connectivity index (χ4v) is 3.90. The van der Waals surface area contributed by atoms with Crippen LogP contribution in [0.3, 0.4) is 0 Å². The Kier molecular flexibility index (Phi) is 5.33. The lowest BCUT2D eigenvalue weighted by molar-refractivity contribution is -0.137. The minimum Gasteiger partial charge on any atom is -0.481 e. The molecule has 0 spiro atoms. The third-order valence-electron chi connectivity index (χ3n) is 5.06. The molecule has 128 valence electrons. The van der Waals surface area contributed by atoms with Crippen molar-refractivity contribution in [3.05, 3.63) is 17.7 Å². The maximum absolute atomic E-state index is 10.6. The SMILES string of the molecule is O=C(O)CCC(O)CN1CCCC(c2ncc3n2CCCC3)C1. The lowest BCUT2D eigenvalue weighted by Crippen LogP contribution is -2.40. The van der Waals surface area contributed by atoms with Crippen molar-refractivity contribution in [2.24, 2.45) is 0 Å². The molecule has 1 aromatic heterocycles. The van der Waals surface area contributed by atoms with Gasteiger partial charge in [-0.1, -0.05) is 0 Å². The Morgan fingerprint density at radius 2 is 2.22 bits per heavy atom. The summed E-state index contributed by atoms with van der Waals surface area (Å²) in [7, 11) is 0. The van der Waals surface area contributed by atoms with Gasteiger partial charge in [-0.25, -0.2) is 4.98 Å². The van der Waals surface area contributed by atoms with Crippen molar-refractivity contribution in [3.63, 3.8) is 0 Å². The van der Waals surface area contributed by atoms with Crippen LogP contribution in [0.2, 0.25) is 0 Å². The Balaban J connectivity index is 1.58. The first-order valence-electron chi connectivity index (χ1n) is 8.80. The summed E-state index contributed by atoms with van der Waals surface area (Å²) >= 11 is 0. The predicted molar refractivity (Wildman–Crippen MR) is 86.5 cm³/mol. The quantitative estimate of drug-likeness (QED) is 0.832. The maximum atomic E-state index is 10.6. The molecule has 2 unspecified atom stereocenters. The highest BCUT2D eigenvalue weighted by atomic mass is 16.4. The molecule has 0 amide bonds. The van der Waals surface area contributed by atoms with E-state index in [0.717, 1.165) is 38.9 Å². The third-order valence-corrected chi connectivity index (χ3v) is 5.06. The van der Waals surface area contributed by atoms with Gasteiger partial charge in [0.2, 0.25) is 0 Å². The number of aliphatic carboxylic acids is 1. The van der Waals surface area contributed by atoms with Crippen LogP contribution in [-0.2, 0) is 17.8 Å². The number of β-amino-alcohol motifs (C(OH)–C–C–N with tert-alkyl or cyclic N) is 1. The molecule has 6 nitrogen and oxygen atoms in total. The molecular weight excluding hydrogens is 294 g/mol. The van der Waals surface area contributed by atoms with Gasteiger partial charge in [-0.2, -0.15) is 0 Å². The van der Waals surface area contributed by atoms with Crippen LogP contribution in [0.1, 0.15) is 56.0 Å². The van der Waals surface area contributed by atoms with Gasteiger partial charge in [0, 0.05) is 43.9 Å². The Morgan fingerprint density at radius 1 is 1.35 bits per heavy atom. The topological polar surface area (TPSA) is 78.6 Å². The van der Waals surface area contributed by atoms with Gasteiger partial charge in [0.1, 0.15) is 5.82 Å². The van der Waals surface area contributed by atoms with Crippen LogP contribution < -0.4 is 0 Å². The molecule has 0 radical (unpaired) electrons. The summed E-state index contributed by atoms with van der Waals surface area (Å²) in [4.78, 5) is 17.6. The van der Waals surface area contributed by atoms with Gasteiger partial charge in [0.25, 0.3) is 0 Å². The normalized spacial score (nSPS) is 23.4. The average Bonchev–Trinajstić information content (AvgIpc) is 2.97. The maximum Gasteiger partial charge on any atom is 0.303 e. The number of piperidine rings is 1. The van der Waals surface area contributed by atoms with Gasteiger partial charge >= 0.3 is 5.97 Å². The van der Waals surface area contributed by atoms with Crippen molar-refractivity contribution in [1.29, 1.82) is 0 Å². The Hall–Kier alpha value is -1.40. The predicted octanol–water partition coefficient (Wildman–Crippen LogP) is 1.62. The van der Waals surface area contributed by atoms with Gasteiger partial charge < -0.3 is 19.7 Å². The number of carboxylic acids is 1. The number of nitrogens with zero attached hydrogens (tertiary/aromatic N) is 3. The van der Waals surface area contributed by atoms with E-state index in [1.165, 1.54) is 24.4 Å². The molecule has 1 saturated heterocycles. The smallest absolute Gasteiger partial charge is 0.303 e. The Morgan fingerprint density at radius 3 is 3.04 bits per heavy atom. The monoisotopic (exact) mass is 321 g/mol. The molecule has 23 heavy (non-hydrogen) atoms. The average molecular weight is 321 g/mol. The van der Waals surface area contributed by atoms with Crippen molar-refractivity contribution in [3.8, 4) is 0 Å². The molecule has 1 fully saturated rings. The number of hydrogen-bond donors (Lipinski definition) is 2. The van der Waals surface area contributed by atoms with E-state index >= 15 is 0 Å². The summed E-state index contributed by atoms with van der Waals surface area (Å²) in [6, 6.07) is 0. The number of imidazole rings is 1. The van der Waals surface area contributed by atoms with Crippen LogP contribution in [0.4, 0.5) is 0 Å². The van der Waals surface area contributed by atoms with Crippen molar-refractivity contribution >= 4 is 5.97 Å². The number of carboxylic acid groups (broad SMARTS) is 1. The second-order valence-corrected chi connectivity index (χ2v) is 6.90. The van der Waals surface area contributed by atoms with Gasteiger partial charge in [-0.15, -0.1) is 0 Å². The fraction of sp³-hybridized carbons (Fsp3) is 0.765. The molecule has 3 rings (SSSR count). The van der Waals surface area contributed by atoms with E-state index in [0.29, 0.717) is 18.9 Å². The summed E-state index contributed by atoms with van der Waals surface area (Å²) in [5.74, 6) is 0.802. The highest BCUT2D eigenvalue weighted by Gasteiger charge is 2.27. The lowest BCUT2D eigenvalue weighted by Gasteiger charge is -2.34. The molecule has 2 atom stereocenters. The van der Waals surface area contributed by atoms with E-state index in [-0.39, 0.29) is 6.42 Å². The van der Waals surface area contributed by atoms with Gasteiger partial charge in [-0.05, 0) is 45.1 Å². The molecule has 6 heteroatoms. The molecule has 0 bridgehead atoms. The van der Waals surface area contributed by atoms with Crippen LogP contribution in [-0.4, -0.2) is 56.4 Å². The Labute approximate surface area is 137 Å². The summed E-state index contributed by atoms with van der Waals surface area (Å²) in [5.41, 5.74) is 1.37. The van der Waals surface area contributed by atoms with E-state index in [1.807, 2.05) is 6.20 Å². The first kappa shape index (κ1) is 16.5. The van der Waals surface area contributed by atoms with Crippen LogP contribution >= 0.6 is 0 Å². The number of carbonyl (C=O) groups is 1. The summed E-state index contributed by atoms with van der Waals surface area (Å²) < 4.78 is 2.40. The molecule has 0 aromatic carbocycles. The van der Waals surface area contributed by atoms with E-state index < -0.39 is 12.1 Å². The first-order chi connectivity index (χ1) is 11.1. The van der Waals surface area contributed by atoms with Gasteiger partial charge in [0.05, 0.1) is 6.10 Å². The lowest BCUT2D eigenvalue weighted by atomic mass is 9.96.